The van der Waals surface area contributed by atoms with Crippen LogP contribution in [0.3, 0.4) is 0 Å². The summed E-state index contributed by atoms with van der Waals surface area (Å²) < 4.78 is 11.5. The minimum Gasteiger partial charge on any atom is -0.459 e. The van der Waals surface area contributed by atoms with Gasteiger partial charge in [-0.15, -0.1) is 6.42 Å². The monoisotopic (exact) mass is 323 g/mol. The Labute approximate surface area is 139 Å². The van der Waals surface area contributed by atoms with E-state index in [9.17, 15) is 4.79 Å². The van der Waals surface area contributed by atoms with E-state index in [0.717, 1.165) is 6.42 Å². The first-order valence-electron chi connectivity index (χ1n) is 8.17. The Balaban J connectivity index is 3.08. The van der Waals surface area contributed by atoms with Gasteiger partial charge >= 0.3 is 0 Å². The van der Waals surface area contributed by atoms with Crippen molar-refractivity contribution in [2.24, 2.45) is 17.3 Å². The van der Waals surface area contributed by atoms with Crippen molar-refractivity contribution in [3.05, 3.63) is 11.8 Å². The molecule has 1 rings (SSSR count). The van der Waals surface area contributed by atoms with Gasteiger partial charge in [-0.05, 0) is 37.2 Å². The van der Waals surface area contributed by atoms with E-state index in [1.54, 1.807) is 0 Å². The lowest BCUT2D eigenvalue weighted by molar-refractivity contribution is -0.179. The normalized spacial score (nSPS) is 24.3. The summed E-state index contributed by atoms with van der Waals surface area (Å²) in [6, 6.07) is 0. The average molecular weight is 323 g/mol. The van der Waals surface area contributed by atoms with Gasteiger partial charge in [0.2, 0.25) is 6.29 Å². The number of nitrogens with one attached hydrogen (secondary N) is 1. The van der Waals surface area contributed by atoms with Crippen LogP contribution in [0.5, 0.6) is 0 Å². The van der Waals surface area contributed by atoms with E-state index in [1.165, 1.54) is 0 Å². The van der Waals surface area contributed by atoms with Crippen LogP contribution in [0.1, 0.15) is 40.5 Å². The molecule has 0 aliphatic carbocycles. The van der Waals surface area contributed by atoms with Crippen LogP contribution >= 0.6 is 0 Å². The van der Waals surface area contributed by atoms with Crippen molar-refractivity contribution in [2.75, 3.05) is 19.8 Å². The first-order chi connectivity index (χ1) is 10.8. The number of aliphatic hydroxyl groups is 1. The maximum Gasteiger partial charge on any atom is 0.286 e. The highest BCUT2D eigenvalue weighted by atomic mass is 16.7. The van der Waals surface area contributed by atoms with Crippen LogP contribution in [0.15, 0.2) is 11.8 Å². The van der Waals surface area contributed by atoms with Crippen molar-refractivity contribution in [1.29, 1.82) is 0 Å². The van der Waals surface area contributed by atoms with Crippen molar-refractivity contribution in [3.63, 3.8) is 0 Å². The summed E-state index contributed by atoms with van der Waals surface area (Å²) in [4.78, 5) is 12.2. The first kappa shape index (κ1) is 19.5. The fourth-order valence-electron chi connectivity index (χ4n) is 2.91. The highest BCUT2D eigenvalue weighted by Gasteiger charge is 2.41. The Bertz CT molecular complexity index is 459. The fraction of sp³-hybridized carbons (Fsp3) is 0.722. The number of aliphatic hydroxyl groups excluding tert-OH is 1. The minimum atomic E-state index is -0.493. The summed E-state index contributed by atoms with van der Waals surface area (Å²) in [5, 5.41) is 11.8. The lowest BCUT2D eigenvalue weighted by Crippen LogP contribution is -2.43. The van der Waals surface area contributed by atoms with Gasteiger partial charge in [0, 0.05) is 19.1 Å². The number of hydrogen-bond acceptors (Lipinski definition) is 4. The van der Waals surface area contributed by atoms with Gasteiger partial charge in [0.1, 0.15) is 0 Å². The molecule has 1 amide bonds. The molecule has 130 valence electrons. The molecule has 0 saturated carbocycles. The number of allylic oxidation sites excluding steroid dienone is 1. The number of carbonyl (C=O) groups is 1. The average Bonchev–Trinajstić information content (AvgIpc) is 2.50. The quantitative estimate of drug-likeness (QED) is 0.704. The van der Waals surface area contributed by atoms with E-state index < -0.39 is 6.29 Å². The molecular formula is C18H29NO4. The van der Waals surface area contributed by atoms with Crippen LogP contribution in [0.4, 0.5) is 0 Å². The van der Waals surface area contributed by atoms with Gasteiger partial charge in [0.25, 0.3) is 5.91 Å². The third-order valence-corrected chi connectivity index (χ3v) is 3.99. The van der Waals surface area contributed by atoms with Crippen molar-refractivity contribution < 1.29 is 19.4 Å². The molecule has 1 aliphatic rings. The molecule has 0 fully saturated rings. The number of carbonyl (C=O) groups excluding carboxylic acids is 1. The highest BCUT2D eigenvalue weighted by molar-refractivity contribution is 5.91. The molecule has 0 spiro atoms. The lowest BCUT2D eigenvalue weighted by Gasteiger charge is -2.42. The number of rotatable bonds is 7. The molecule has 0 bridgehead atoms. The Morgan fingerprint density at radius 3 is 2.74 bits per heavy atom. The number of hydrogen-bond donors (Lipinski definition) is 2. The predicted molar refractivity (Wildman–Crippen MR) is 89.2 cm³/mol. The molecule has 1 aliphatic heterocycles. The Kier molecular flexibility index (Phi) is 7.60. The molecule has 0 radical (unpaired) electrons. The summed E-state index contributed by atoms with van der Waals surface area (Å²) in [7, 11) is 0. The van der Waals surface area contributed by atoms with E-state index >= 15 is 0 Å². The zero-order chi connectivity index (χ0) is 17.5. The molecule has 0 unspecified atom stereocenters. The van der Waals surface area contributed by atoms with Crippen molar-refractivity contribution in [3.8, 4) is 12.3 Å². The third-order valence-electron chi connectivity index (χ3n) is 3.99. The number of ether oxygens (including phenoxy) is 2. The van der Waals surface area contributed by atoms with Crippen LogP contribution in [-0.4, -0.2) is 37.1 Å². The van der Waals surface area contributed by atoms with Crippen LogP contribution < -0.4 is 5.32 Å². The van der Waals surface area contributed by atoms with E-state index in [1.807, 2.05) is 13.0 Å². The van der Waals surface area contributed by atoms with Gasteiger partial charge in [-0.2, -0.15) is 0 Å². The molecule has 0 aromatic rings. The largest absolute Gasteiger partial charge is 0.459 e. The molecule has 3 atom stereocenters. The van der Waals surface area contributed by atoms with E-state index in [0.29, 0.717) is 13.0 Å². The second kappa shape index (κ2) is 8.95. The molecular weight excluding hydrogens is 294 g/mol. The van der Waals surface area contributed by atoms with Gasteiger partial charge < -0.3 is 19.9 Å². The molecule has 2 N–H and O–H groups in total. The minimum absolute atomic E-state index is 0.0586. The zero-order valence-electron chi connectivity index (χ0n) is 14.6. The maximum absolute atomic E-state index is 12.2. The topological polar surface area (TPSA) is 67.8 Å². The maximum atomic E-state index is 12.2. The Morgan fingerprint density at radius 1 is 1.52 bits per heavy atom. The van der Waals surface area contributed by atoms with Crippen LogP contribution in [0, 0.1) is 29.6 Å². The lowest BCUT2D eigenvalue weighted by atomic mass is 9.70. The molecule has 0 saturated heterocycles. The van der Waals surface area contributed by atoms with Crippen LogP contribution in [-0.2, 0) is 14.3 Å². The van der Waals surface area contributed by atoms with Crippen molar-refractivity contribution >= 4 is 5.91 Å². The van der Waals surface area contributed by atoms with Crippen molar-refractivity contribution in [2.45, 2.75) is 46.8 Å². The molecule has 5 heteroatoms. The highest BCUT2D eigenvalue weighted by Crippen LogP contribution is 2.42. The van der Waals surface area contributed by atoms with Gasteiger partial charge in [-0.3, -0.25) is 4.79 Å². The second-order valence-electron chi connectivity index (χ2n) is 6.78. The standard InChI is InChI=1S/C18H29NO4/c1-6-10-19-16(21)15-12-14(18(3,4)5)13(9-8-11-20)17(23-15)22-7-2/h1,12-14,17,20H,7-11H2,2-5H3,(H,19,21)/t13-,14-,17+/m0/s1. The fourth-order valence-corrected chi connectivity index (χ4v) is 2.91. The Morgan fingerprint density at radius 2 is 2.22 bits per heavy atom. The zero-order valence-corrected chi connectivity index (χ0v) is 14.6. The summed E-state index contributed by atoms with van der Waals surface area (Å²) in [5.41, 5.74) is -0.0586. The summed E-state index contributed by atoms with van der Waals surface area (Å²) in [5.74, 6) is 2.52. The summed E-state index contributed by atoms with van der Waals surface area (Å²) >= 11 is 0. The van der Waals surface area contributed by atoms with Gasteiger partial charge in [-0.25, -0.2) is 0 Å². The van der Waals surface area contributed by atoms with Gasteiger partial charge in [-0.1, -0.05) is 26.7 Å². The molecule has 0 aromatic carbocycles. The van der Waals surface area contributed by atoms with Crippen LogP contribution in [0.2, 0.25) is 0 Å². The second-order valence-corrected chi connectivity index (χ2v) is 6.78. The SMILES string of the molecule is C#CCNC(=O)C1=C[C@H](C(C)(C)C)[C@H](CCCO)[C@H](OCC)O1. The predicted octanol–water partition coefficient (Wildman–Crippen LogP) is 2.06. The summed E-state index contributed by atoms with van der Waals surface area (Å²) in [6.45, 7) is 9.08. The van der Waals surface area contributed by atoms with E-state index in [4.69, 9.17) is 21.0 Å². The molecule has 5 nitrogen and oxygen atoms in total. The van der Waals surface area contributed by atoms with Gasteiger partial charge in [0.15, 0.2) is 5.76 Å². The smallest absolute Gasteiger partial charge is 0.286 e. The summed E-state index contributed by atoms with van der Waals surface area (Å²) in [6.07, 6.45) is 8.02. The van der Waals surface area contributed by atoms with Crippen LogP contribution in [0.25, 0.3) is 0 Å². The van der Waals surface area contributed by atoms with Gasteiger partial charge in [0.05, 0.1) is 6.54 Å². The Hall–Kier alpha value is -1.51. The third kappa shape index (κ3) is 5.56. The first-order valence-corrected chi connectivity index (χ1v) is 8.17. The number of terminal acetylenes is 1. The van der Waals surface area contributed by atoms with E-state index in [2.05, 4.69) is 32.0 Å². The number of amides is 1. The molecule has 1 heterocycles. The molecule has 0 aromatic heterocycles. The molecule has 23 heavy (non-hydrogen) atoms. The van der Waals surface area contributed by atoms with Crippen molar-refractivity contribution in [1.82, 2.24) is 5.32 Å². The van der Waals surface area contributed by atoms with E-state index in [-0.39, 0.29) is 42.1 Å².